The molecule has 0 amide bonds. The molecular formula is C42H39BN2S2. The van der Waals surface area contributed by atoms with Crippen LogP contribution in [-0.2, 0) is 31.1 Å². The van der Waals surface area contributed by atoms with Crippen molar-refractivity contribution >= 4 is 74.2 Å². The predicted octanol–water partition coefficient (Wildman–Crippen LogP) is 9.51. The molecule has 0 N–H and O–H groups in total. The summed E-state index contributed by atoms with van der Waals surface area (Å²) in [5.74, 6) is 0. The third-order valence-corrected chi connectivity index (χ3v) is 13.7. The summed E-state index contributed by atoms with van der Waals surface area (Å²) in [6.45, 7) is 7.37. The SMILES string of the molecule is CC(C)(C)c1cc2c3c(c1)N(c1cccc4ccccc14)c1c4c(n(-c5ccccc5)c1B3c1c(sc3c1CCCC3)S2)CCCC4. The van der Waals surface area contributed by atoms with E-state index in [9.17, 15) is 0 Å². The van der Waals surface area contributed by atoms with E-state index in [2.05, 4.69) is 138 Å². The minimum Gasteiger partial charge on any atom is -0.323 e. The molecule has 0 spiro atoms. The van der Waals surface area contributed by atoms with E-state index in [1.807, 2.05) is 0 Å². The summed E-state index contributed by atoms with van der Waals surface area (Å²) in [6, 6.07) is 32.4. The first-order valence-corrected chi connectivity index (χ1v) is 19.2. The molecule has 2 aromatic heterocycles. The summed E-state index contributed by atoms with van der Waals surface area (Å²) in [5, 5.41) is 2.62. The molecule has 2 aliphatic heterocycles. The van der Waals surface area contributed by atoms with E-state index in [0.717, 1.165) is 12.8 Å². The minimum atomic E-state index is 0.0383. The fraction of sp³-hybridized carbons (Fsp3) is 0.286. The number of hydrogen-bond acceptors (Lipinski definition) is 3. The van der Waals surface area contributed by atoms with E-state index in [-0.39, 0.29) is 12.1 Å². The Morgan fingerprint density at radius 1 is 0.702 bits per heavy atom. The number of anilines is 3. The first-order valence-electron chi connectivity index (χ1n) is 17.6. The molecule has 0 unspecified atom stereocenters. The zero-order valence-corrected chi connectivity index (χ0v) is 29.2. The van der Waals surface area contributed by atoms with Crippen LogP contribution in [0.5, 0.6) is 0 Å². The van der Waals surface area contributed by atoms with Gasteiger partial charge in [-0.3, -0.25) is 0 Å². The van der Waals surface area contributed by atoms with Gasteiger partial charge in [0.2, 0.25) is 0 Å². The Morgan fingerprint density at radius 3 is 2.30 bits per heavy atom. The van der Waals surface area contributed by atoms with Crippen LogP contribution in [0, 0.1) is 0 Å². The van der Waals surface area contributed by atoms with Crippen LogP contribution in [-0.4, -0.2) is 11.3 Å². The quantitative estimate of drug-likeness (QED) is 0.173. The van der Waals surface area contributed by atoms with Crippen LogP contribution in [0.3, 0.4) is 0 Å². The minimum absolute atomic E-state index is 0.0383. The lowest BCUT2D eigenvalue weighted by atomic mass is 9.36. The second-order valence-electron chi connectivity index (χ2n) is 15.0. The Morgan fingerprint density at radius 2 is 1.45 bits per heavy atom. The van der Waals surface area contributed by atoms with Crippen molar-refractivity contribution in [3.8, 4) is 5.69 Å². The fourth-order valence-electron chi connectivity index (χ4n) is 9.01. The van der Waals surface area contributed by atoms with Crippen molar-refractivity contribution in [1.82, 2.24) is 4.57 Å². The van der Waals surface area contributed by atoms with Gasteiger partial charge in [0.05, 0.1) is 15.6 Å². The molecule has 0 saturated carbocycles. The predicted molar refractivity (Wildman–Crippen MR) is 203 cm³/mol. The topological polar surface area (TPSA) is 8.17 Å². The van der Waals surface area contributed by atoms with Crippen molar-refractivity contribution in [2.24, 2.45) is 0 Å². The van der Waals surface area contributed by atoms with Crippen LogP contribution in [0.4, 0.5) is 17.1 Å². The average Bonchev–Trinajstić information content (AvgIpc) is 3.64. The van der Waals surface area contributed by atoms with Gasteiger partial charge in [-0.2, -0.15) is 0 Å². The van der Waals surface area contributed by atoms with Crippen LogP contribution >= 0.6 is 23.1 Å². The molecule has 2 aliphatic carbocycles. The molecule has 4 heterocycles. The van der Waals surface area contributed by atoms with Gasteiger partial charge < -0.3 is 9.47 Å². The summed E-state index contributed by atoms with van der Waals surface area (Å²) < 4.78 is 4.29. The maximum atomic E-state index is 2.74. The number of benzene rings is 4. The van der Waals surface area contributed by atoms with E-state index < -0.39 is 0 Å². The standard InChI is InChI=1S/C42H39BN2S2/c1-42(2,3)27-24-34-38-36(25-27)47-41-37(31-20-10-12-23-35(31)46-41)43(38)40-39(45(34)32-22-13-15-26-14-7-8-18-29(26)32)30-19-9-11-21-33(30)44(40)28-16-5-4-6-17-28/h4-8,13-18,22,24-25H,9-12,19-21,23H2,1-3H3. The Bertz CT molecular complexity index is 2230. The molecule has 2 nitrogen and oxygen atoms in total. The molecule has 10 rings (SSSR count). The molecule has 0 bridgehead atoms. The zero-order chi connectivity index (χ0) is 31.4. The third kappa shape index (κ3) is 4.12. The van der Waals surface area contributed by atoms with Crippen molar-refractivity contribution in [3.05, 3.63) is 112 Å². The zero-order valence-electron chi connectivity index (χ0n) is 27.5. The highest BCUT2D eigenvalue weighted by Crippen LogP contribution is 2.50. The normalized spacial score (nSPS) is 16.4. The largest absolute Gasteiger partial charge is 0.323 e. The highest BCUT2D eigenvalue weighted by atomic mass is 32.2. The van der Waals surface area contributed by atoms with Gasteiger partial charge in [-0.15, -0.1) is 11.3 Å². The van der Waals surface area contributed by atoms with Crippen LogP contribution in [0.15, 0.2) is 94.0 Å². The highest BCUT2D eigenvalue weighted by molar-refractivity contribution is 8.02. The lowest BCUT2D eigenvalue weighted by Crippen LogP contribution is -2.62. The van der Waals surface area contributed by atoms with Gasteiger partial charge >= 0.3 is 0 Å². The first kappa shape index (κ1) is 28.4. The lowest BCUT2D eigenvalue weighted by Gasteiger charge is -2.41. The molecule has 0 radical (unpaired) electrons. The molecule has 5 heteroatoms. The Labute approximate surface area is 286 Å². The maximum absolute atomic E-state index is 2.74. The van der Waals surface area contributed by atoms with Crippen LogP contribution in [0.2, 0.25) is 0 Å². The van der Waals surface area contributed by atoms with E-state index in [4.69, 9.17) is 0 Å². The Balaban J connectivity index is 1.39. The average molecular weight is 647 g/mol. The van der Waals surface area contributed by atoms with Crippen molar-refractivity contribution in [1.29, 1.82) is 0 Å². The summed E-state index contributed by atoms with van der Waals surface area (Å²) in [7, 11) is 0. The van der Waals surface area contributed by atoms with Gasteiger partial charge in [-0.1, -0.05) is 87.1 Å². The number of rotatable bonds is 2. The van der Waals surface area contributed by atoms with Crippen molar-refractivity contribution in [3.63, 3.8) is 0 Å². The van der Waals surface area contributed by atoms with Gasteiger partial charge in [0.25, 0.3) is 6.71 Å². The second kappa shape index (κ2) is 10.4. The summed E-state index contributed by atoms with van der Waals surface area (Å²) in [6.07, 6.45) is 9.86. The van der Waals surface area contributed by atoms with Crippen LogP contribution < -0.4 is 21.4 Å². The van der Waals surface area contributed by atoms with Gasteiger partial charge in [0.15, 0.2) is 0 Å². The van der Waals surface area contributed by atoms with Crippen molar-refractivity contribution in [2.45, 2.75) is 86.7 Å². The second-order valence-corrected chi connectivity index (χ2v) is 17.4. The highest BCUT2D eigenvalue weighted by Gasteiger charge is 2.48. The smallest absolute Gasteiger partial charge is 0.272 e. The third-order valence-electron chi connectivity index (χ3n) is 11.2. The molecular weight excluding hydrogens is 607 g/mol. The first-order chi connectivity index (χ1) is 23.0. The number of aryl methyl sites for hydroxylation is 1. The van der Waals surface area contributed by atoms with E-state index in [1.54, 1.807) is 25.7 Å². The lowest BCUT2D eigenvalue weighted by molar-refractivity contribution is 0.589. The summed E-state index contributed by atoms with van der Waals surface area (Å²) in [5.41, 5.74) is 16.4. The van der Waals surface area contributed by atoms with Crippen LogP contribution in [0.1, 0.15) is 73.7 Å². The molecule has 232 valence electrons. The maximum Gasteiger partial charge on any atom is 0.272 e. The van der Waals surface area contributed by atoms with Gasteiger partial charge in [-0.25, -0.2) is 0 Å². The Hall–Kier alpha value is -3.67. The molecule has 0 atom stereocenters. The molecule has 47 heavy (non-hydrogen) atoms. The molecule has 6 aromatic rings. The number of fused-ring (bicyclic) bond motifs is 9. The number of thiophene rings is 1. The van der Waals surface area contributed by atoms with Gasteiger partial charge in [0.1, 0.15) is 0 Å². The van der Waals surface area contributed by atoms with Gasteiger partial charge in [0, 0.05) is 37.8 Å². The Kier molecular flexibility index (Phi) is 6.28. The monoisotopic (exact) mass is 646 g/mol. The number of para-hydroxylation sites is 1. The summed E-state index contributed by atoms with van der Waals surface area (Å²) in [4.78, 5) is 5.84. The van der Waals surface area contributed by atoms with E-state index in [0.29, 0.717) is 0 Å². The number of aromatic nitrogens is 1. The molecule has 0 fully saturated rings. The van der Waals surface area contributed by atoms with Crippen molar-refractivity contribution < 1.29 is 0 Å². The molecule has 0 saturated heterocycles. The van der Waals surface area contributed by atoms with Crippen molar-refractivity contribution in [2.75, 3.05) is 4.90 Å². The van der Waals surface area contributed by atoms with E-state index in [1.165, 1.54) is 99.3 Å². The molecule has 4 aromatic carbocycles. The number of hydrogen-bond donors (Lipinski definition) is 0. The fourth-order valence-corrected chi connectivity index (χ4v) is 12.0. The summed E-state index contributed by atoms with van der Waals surface area (Å²) >= 11 is 4.18. The molecule has 4 aliphatic rings. The van der Waals surface area contributed by atoms with Crippen LogP contribution in [0.25, 0.3) is 16.5 Å². The van der Waals surface area contributed by atoms with Gasteiger partial charge in [-0.05, 0) is 120 Å². The van der Waals surface area contributed by atoms with E-state index >= 15 is 0 Å². The number of nitrogens with zero attached hydrogens (tertiary/aromatic N) is 2.